The van der Waals surface area contributed by atoms with Gasteiger partial charge in [-0.05, 0) is 55.0 Å². The van der Waals surface area contributed by atoms with E-state index in [4.69, 9.17) is 11.6 Å². The Bertz CT molecular complexity index is 904. The minimum atomic E-state index is -0.0660. The number of nitrogens with zero attached hydrogens (tertiary/aromatic N) is 3. The Balaban J connectivity index is 1.41. The van der Waals surface area contributed by atoms with Crippen molar-refractivity contribution in [3.63, 3.8) is 0 Å². The van der Waals surface area contributed by atoms with Crippen LogP contribution in [0.3, 0.4) is 0 Å². The average Bonchev–Trinajstić information content (AvgIpc) is 3.27. The van der Waals surface area contributed by atoms with Crippen LogP contribution in [-0.4, -0.2) is 38.8 Å². The molecule has 150 valence electrons. The summed E-state index contributed by atoms with van der Waals surface area (Å²) in [7, 11) is 0. The number of imidazole rings is 1. The van der Waals surface area contributed by atoms with Gasteiger partial charge in [0.2, 0.25) is 5.91 Å². The zero-order chi connectivity index (χ0) is 20.1. The number of aromatic nitrogens is 3. The van der Waals surface area contributed by atoms with Crippen LogP contribution in [0.2, 0.25) is 5.02 Å². The van der Waals surface area contributed by atoms with Gasteiger partial charge in [-0.1, -0.05) is 29.8 Å². The van der Waals surface area contributed by atoms with E-state index in [2.05, 4.69) is 15.0 Å². The van der Waals surface area contributed by atoms with Gasteiger partial charge in [0, 0.05) is 54.2 Å². The third-order valence-electron chi connectivity index (χ3n) is 5.73. The van der Waals surface area contributed by atoms with E-state index in [1.807, 2.05) is 53.6 Å². The lowest BCUT2D eigenvalue weighted by atomic mass is 9.89. The standard InChI is InChI=1S/C23H25ClN4O/c24-19-6-4-18(5-7-19)21(22-3-1-2-10-26-22)14-23(29)28-11-8-17(9-12-28)13-20-15-25-16-27-20/h1-7,10,15-17,21H,8-9,11-14H2,(H,25,27). The minimum Gasteiger partial charge on any atom is -0.348 e. The molecule has 1 aliphatic rings. The highest BCUT2D eigenvalue weighted by Gasteiger charge is 2.27. The molecular formula is C23H25ClN4O. The highest BCUT2D eigenvalue weighted by Crippen LogP contribution is 2.29. The highest BCUT2D eigenvalue weighted by atomic mass is 35.5. The van der Waals surface area contributed by atoms with Gasteiger partial charge in [-0.2, -0.15) is 0 Å². The maximum atomic E-state index is 13.1. The zero-order valence-corrected chi connectivity index (χ0v) is 17.1. The first-order chi connectivity index (χ1) is 14.2. The molecule has 1 aromatic carbocycles. The predicted molar refractivity (Wildman–Crippen MR) is 114 cm³/mol. The SMILES string of the molecule is O=C(CC(c1ccc(Cl)cc1)c1ccccn1)N1CCC(Cc2cnc[nH]2)CC1. The van der Waals surface area contributed by atoms with Crippen molar-refractivity contribution < 1.29 is 4.79 Å². The lowest BCUT2D eigenvalue weighted by molar-refractivity contribution is -0.132. The molecule has 0 radical (unpaired) electrons. The number of H-pyrrole nitrogens is 1. The Morgan fingerprint density at radius 1 is 1.17 bits per heavy atom. The fraction of sp³-hybridized carbons (Fsp3) is 0.348. The lowest BCUT2D eigenvalue weighted by Gasteiger charge is -2.33. The Morgan fingerprint density at radius 2 is 1.97 bits per heavy atom. The van der Waals surface area contributed by atoms with Crippen LogP contribution in [0.25, 0.3) is 0 Å². The summed E-state index contributed by atoms with van der Waals surface area (Å²) in [6.07, 6.45) is 8.88. The van der Waals surface area contributed by atoms with Gasteiger partial charge in [0.1, 0.15) is 0 Å². The third kappa shape index (κ3) is 5.04. The molecule has 1 saturated heterocycles. The summed E-state index contributed by atoms with van der Waals surface area (Å²) in [5, 5.41) is 0.694. The number of pyridine rings is 1. The van der Waals surface area contributed by atoms with Crippen LogP contribution < -0.4 is 0 Å². The first-order valence-corrected chi connectivity index (χ1v) is 10.5. The van der Waals surface area contributed by atoms with Crippen LogP contribution in [0, 0.1) is 5.92 Å². The smallest absolute Gasteiger partial charge is 0.223 e. The Labute approximate surface area is 176 Å². The predicted octanol–water partition coefficient (Wildman–Crippen LogP) is 4.46. The fourth-order valence-corrected chi connectivity index (χ4v) is 4.19. The summed E-state index contributed by atoms with van der Waals surface area (Å²) in [6.45, 7) is 1.63. The molecule has 0 saturated carbocycles. The molecule has 6 heteroatoms. The number of carbonyl (C=O) groups excluding carboxylic acids is 1. The number of halogens is 1. The molecular weight excluding hydrogens is 384 g/mol. The summed E-state index contributed by atoms with van der Waals surface area (Å²) in [6, 6.07) is 13.6. The van der Waals surface area contributed by atoms with Crippen molar-refractivity contribution in [3.8, 4) is 0 Å². The normalized spacial score (nSPS) is 16.0. The molecule has 2 aromatic heterocycles. The molecule has 1 amide bonds. The number of benzene rings is 1. The van der Waals surface area contributed by atoms with Crippen molar-refractivity contribution in [2.45, 2.75) is 31.6 Å². The molecule has 1 N–H and O–H groups in total. The molecule has 1 fully saturated rings. The molecule has 3 heterocycles. The van der Waals surface area contributed by atoms with Crippen LogP contribution in [0.5, 0.6) is 0 Å². The van der Waals surface area contributed by atoms with Crippen molar-refractivity contribution in [2.75, 3.05) is 13.1 Å². The molecule has 29 heavy (non-hydrogen) atoms. The second-order valence-corrected chi connectivity index (χ2v) is 8.10. The van der Waals surface area contributed by atoms with Crippen LogP contribution >= 0.6 is 11.6 Å². The van der Waals surface area contributed by atoms with E-state index in [0.29, 0.717) is 17.4 Å². The number of likely N-dealkylation sites (tertiary alicyclic amines) is 1. The number of nitrogens with one attached hydrogen (secondary N) is 1. The maximum Gasteiger partial charge on any atom is 0.223 e. The zero-order valence-electron chi connectivity index (χ0n) is 16.3. The van der Waals surface area contributed by atoms with Crippen molar-refractivity contribution in [1.82, 2.24) is 19.9 Å². The van der Waals surface area contributed by atoms with Gasteiger partial charge in [-0.15, -0.1) is 0 Å². The molecule has 1 unspecified atom stereocenters. The van der Waals surface area contributed by atoms with Gasteiger partial charge in [0.05, 0.1) is 6.33 Å². The molecule has 3 aromatic rings. The molecule has 4 rings (SSSR count). The molecule has 0 spiro atoms. The van der Waals surface area contributed by atoms with Crippen molar-refractivity contribution in [1.29, 1.82) is 0 Å². The number of amides is 1. The van der Waals surface area contributed by atoms with Gasteiger partial charge in [0.15, 0.2) is 0 Å². The van der Waals surface area contributed by atoms with Gasteiger partial charge < -0.3 is 9.88 Å². The van der Waals surface area contributed by atoms with E-state index in [9.17, 15) is 4.79 Å². The van der Waals surface area contributed by atoms with Crippen LogP contribution in [-0.2, 0) is 11.2 Å². The minimum absolute atomic E-state index is 0.0660. The molecule has 1 aliphatic heterocycles. The van der Waals surface area contributed by atoms with E-state index in [-0.39, 0.29) is 11.8 Å². The molecule has 0 bridgehead atoms. The summed E-state index contributed by atoms with van der Waals surface area (Å²) in [5.74, 6) is 0.724. The lowest BCUT2D eigenvalue weighted by Crippen LogP contribution is -2.39. The van der Waals surface area contributed by atoms with Crippen LogP contribution in [0.15, 0.2) is 61.2 Å². The monoisotopic (exact) mass is 408 g/mol. The van der Waals surface area contributed by atoms with Gasteiger partial charge >= 0.3 is 0 Å². The topological polar surface area (TPSA) is 61.9 Å². The number of carbonyl (C=O) groups is 1. The van der Waals surface area contributed by atoms with E-state index < -0.39 is 0 Å². The van der Waals surface area contributed by atoms with Crippen molar-refractivity contribution in [2.24, 2.45) is 5.92 Å². The van der Waals surface area contributed by atoms with Crippen LogP contribution in [0.1, 0.15) is 42.1 Å². The number of hydrogen-bond donors (Lipinski definition) is 1. The first kappa shape index (κ1) is 19.6. The number of piperidine rings is 1. The molecule has 0 aliphatic carbocycles. The second-order valence-electron chi connectivity index (χ2n) is 7.67. The first-order valence-electron chi connectivity index (χ1n) is 10.1. The molecule has 5 nitrogen and oxygen atoms in total. The van der Waals surface area contributed by atoms with Gasteiger partial charge in [-0.3, -0.25) is 9.78 Å². The van der Waals surface area contributed by atoms with E-state index in [1.54, 1.807) is 12.5 Å². The van der Waals surface area contributed by atoms with E-state index >= 15 is 0 Å². The van der Waals surface area contributed by atoms with Crippen LogP contribution in [0.4, 0.5) is 0 Å². The number of aromatic amines is 1. The Kier molecular flexibility index (Phi) is 6.25. The summed E-state index contributed by atoms with van der Waals surface area (Å²) < 4.78 is 0. The van der Waals surface area contributed by atoms with Crippen molar-refractivity contribution >= 4 is 17.5 Å². The van der Waals surface area contributed by atoms with Crippen molar-refractivity contribution in [3.05, 3.63) is 83.2 Å². The summed E-state index contributed by atoms with van der Waals surface area (Å²) in [4.78, 5) is 26.9. The van der Waals surface area contributed by atoms with E-state index in [0.717, 1.165) is 43.6 Å². The second kappa shape index (κ2) is 9.23. The summed E-state index contributed by atoms with van der Waals surface area (Å²) in [5.41, 5.74) is 3.15. The van der Waals surface area contributed by atoms with Gasteiger partial charge in [-0.25, -0.2) is 4.98 Å². The maximum absolute atomic E-state index is 13.1. The molecule has 1 atom stereocenters. The van der Waals surface area contributed by atoms with E-state index in [1.165, 1.54) is 5.69 Å². The summed E-state index contributed by atoms with van der Waals surface area (Å²) >= 11 is 6.06. The fourth-order valence-electron chi connectivity index (χ4n) is 4.07. The number of rotatable bonds is 6. The highest BCUT2D eigenvalue weighted by molar-refractivity contribution is 6.30. The third-order valence-corrected chi connectivity index (χ3v) is 5.98. The Morgan fingerprint density at radius 3 is 2.62 bits per heavy atom. The van der Waals surface area contributed by atoms with Gasteiger partial charge in [0.25, 0.3) is 0 Å². The Hall–Kier alpha value is -2.66. The quantitative estimate of drug-likeness (QED) is 0.654. The average molecular weight is 409 g/mol. The largest absolute Gasteiger partial charge is 0.348 e. The number of hydrogen-bond acceptors (Lipinski definition) is 3.